The Bertz CT molecular complexity index is 1440. The molecule has 0 aromatic heterocycles. The third-order valence-electron chi connectivity index (χ3n) is 6.17. The fourth-order valence-electron chi connectivity index (χ4n) is 4.17. The number of ether oxygens (including phenoxy) is 2. The average molecular weight is 526 g/mol. The van der Waals surface area contributed by atoms with Gasteiger partial charge in [0.2, 0.25) is 10.0 Å². The Balaban J connectivity index is 1.30. The van der Waals surface area contributed by atoms with E-state index in [2.05, 4.69) is 5.32 Å². The van der Waals surface area contributed by atoms with Gasteiger partial charge in [0.05, 0.1) is 30.3 Å². The van der Waals surface area contributed by atoms with Crippen molar-refractivity contribution in [2.45, 2.75) is 11.4 Å². The van der Waals surface area contributed by atoms with Crippen molar-refractivity contribution >= 4 is 33.2 Å². The van der Waals surface area contributed by atoms with Crippen molar-refractivity contribution < 1.29 is 31.9 Å². The molecule has 3 aromatic rings. The maximum absolute atomic E-state index is 14.1. The third-order valence-corrected chi connectivity index (χ3v) is 8.08. The summed E-state index contributed by atoms with van der Waals surface area (Å²) in [6.07, 6.45) is 0. The zero-order chi connectivity index (χ0) is 26.0. The average Bonchev–Trinajstić information content (AvgIpc) is 2.92. The van der Waals surface area contributed by atoms with Crippen LogP contribution in [0, 0.1) is 5.82 Å². The van der Waals surface area contributed by atoms with Crippen molar-refractivity contribution in [2.24, 2.45) is 0 Å². The molecular formula is C26H24FN3O6S. The molecule has 1 saturated heterocycles. The fraction of sp³-hybridized carbons (Fsp3) is 0.231. The molecule has 0 aliphatic carbocycles. The lowest BCUT2D eigenvalue weighted by Gasteiger charge is -2.30. The number of sulfonamides is 1. The van der Waals surface area contributed by atoms with E-state index < -0.39 is 21.7 Å². The van der Waals surface area contributed by atoms with Crippen LogP contribution in [0.4, 0.5) is 15.8 Å². The van der Waals surface area contributed by atoms with Gasteiger partial charge in [-0.15, -0.1) is 0 Å². The van der Waals surface area contributed by atoms with E-state index in [1.807, 2.05) is 0 Å². The molecule has 2 heterocycles. The first kappa shape index (κ1) is 24.9. The van der Waals surface area contributed by atoms with E-state index in [1.165, 1.54) is 39.5 Å². The fourth-order valence-corrected chi connectivity index (χ4v) is 5.58. The van der Waals surface area contributed by atoms with Crippen molar-refractivity contribution in [1.82, 2.24) is 4.31 Å². The van der Waals surface area contributed by atoms with Crippen LogP contribution in [-0.4, -0.2) is 57.4 Å². The van der Waals surface area contributed by atoms with Gasteiger partial charge in [0.1, 0.15) is 11.6 Å². The summed E-state index contributed by atoms with van der Waals surface area (Å²) in [4.78, 5) is 26.8. The van der Waals surface area contributed by atoms with Crippen LogP contribution < -0.4 is 15.0 Å². The van der Waals surface area contributed by atoms with Gasteiger partial charge in [-0.25, -0.2) is 12.8 Å². The van der Waals surface area contributed by atoms with E-state index in [0.717, 1.165) is 0 Å². The number of carbonyl (C=O) groups is 2. The monoisotopic (exact) mass is 525 g/mol. The van der Waals surface area contributed by atoms with E-state index in [1.54, 1.807) is 36.4 Å². The largest absolute Gasteiger partial charge is 0.481 e. The van der Waals surface area contributed by atoms with Gasteiger partial charge in [-0.05, 0) is 42.5 Å². The number of nitrogens with one attached hydrogen (secondary N) is 1. The van der Waals surface area contributed by atoms with Crippen molar-refractivity contribution in [3.63, 3.8) is 0 Å². The molecule has 0 unspecified atom stereocenters. The molecule has 2 aliphatic rings. The van der Waals surface area contributed by atoms with Crippen molar-refractivity contribution in [3.05, 3.63) is 83.7 Å². The zero-order valence-electron chi connectivity index (χ0n) is 19.7. The number of hydrogen-bond acceptors (Lipinski definition) is 6. The number of nitrogens with zero attached hydrogens (tertiary/aromatic N) is 2. The van der Waals surface area contributed by atoms with Gasteiger partial charge in [0.15, 0.2) is 6.61 Å². The SMILES string of the molecule is O=C(Nc1ccc2c(c1)OCC(=O)N2Cc1ccccc1F)c1ccc(S(=O)(=O)N2CCOCC2)cc1. The van der Waals surface area contributed by atoms with Gasteiger partial charge >= 0.3 is 0 Å². The summed E-state index contributed by atoms with van der Waals surface area (Å²) in [6, 6.07) is 16.8. The minimum absolute atomic E-state index is 0.0489. The van der Waals surface area contributed by atoms with E-state index in [9.17, 15) is 22.4 Å². The van der Waals surface area contributed by atoms with Crippen LogP contribution >= 0.6 is 0 Å². The van der Waals surface area contributed by atoms with Crippen LogP contribution in [0.3, 0.4) is 0 Å². The summed E-state index contributed by atoms with van der Waals surface area (Å²) in [5.41, 5.74) is 1.54. The second kappa shape index (κ2) is 10.3. The molecule has 0 atom stereocenters. The van der Waals surface area contributed by atoms with Crippen LogP contribution in [0.25, 0.3) is 0 Å². The van der Waals surface area contributed by atoms with Crippen molar-refractivity contribution in [2.75, 3.05) is 43.1 Å². The van der Waals surface area contributed by atoms with E-state index >= 15 is 0 Å². The Morgan fingerprint density at radius 1 is 1.00 bits per heavy atom. The van der Waals surface area contributed by atoms with Gasteiger partial charge in [-0.3, -0.25) is 9.59 Å². The maximum Gasteiger partial charge on any atom is 0.265 e. The molecule has 1 fully saturated rings. The molecule has 2 aliphatic heterocycles. The minimum atomic E-state index is -3.66. The number of carbonyl (C=O) groups excluding carboxylic acids is 2. The molecular weight excluding hydrogens is 501 g/mol. The summed E-state index contributed by atoms with van der Waals surface area (Å²) in [5, 5.41) is 2.76. The number of fused-ring (bicyclic) bond motifs is 1. The van der Waals surface area contributed by atoms with Crippen molar-refractivity contribution in [3.8, 4) is 5.75 Å². The summed E-state index contributed by atoms with van der Waals surface area (Å²) < 4.78 is 51.8. The number of rotatable bonds is 6. The Morgan fingerprint density at radius 3 is 2.46 bits per heavy atom. The van der Waals surface area contributed by atoms with E-state index in [0.29, 0.717) is 35.9 Å². The number of anilines is 2. The second-order valence-corrected chi connectivity index (χ2v) is 10.5. The highest BCUT2D eigenvalue weighted by Crippen LogP contribution is 2.36. The van der Waals surface area contributed by atoms with Gasteiger partial charge in [0, 0.05) is 36.0 Å². The Hall–Kier alpha value is -3.80. The smallest absolute Gasteiger partial charge is 0.265 e. The summed E-state index contributed by atoms with van der Waals surface area (Å²) >= 11 is 0. The lowest BCUT2D eigenvalue weighted by molar-refractivity contribution is -0.121. The van der Waals surface area contributed by atoms with Crippen molar-refractivity contribution in [1.29, 1.82) is 0 Å². The number of benzene rings is 3. The molecule has 3 aromatic carbocycles. The molecule has 1 N–H and O–H groups in total. The molecule has 0 radical (unpaired) electrons. The highest BCUT2D eigenvalue weighted by atomic mass is 32.2. The number of amides is 2. The molecule has 5 rings (SSSR count). The molecule has 0 bridgehead atoms. The Kier molecular flexibility index (Phi) is 6.92. The highest BCUT2D eigenvalue weighted by molar-refractivity contribution is 7.89. The highest BCUT2D eigenvalue weighted by Gasteiger charge is 2.28. The van der Waals surface area contributed by atoms with E-state index in [-0.39, 0.29) is 42.6 Å². The summed E-state index contributed by atoms with van der Waals surface area (Å²) in [5.74, 6) is -0.776. The van der Waals surface area contributed by atoms with E-state index in [4.69, 9.17) is 9.47 Å². The predicted molar refractivity (Wildman–Crippen MR) is 133 cm³/mol. The van der Waals surface area contributed by atoms with Gasteiger partial charge in [-0.2, -0.15) is 4.31 Å². The molecule has 11 heteroatoms. The topological polar surface area (TPSA) is 105 Å². The molecule has 192 valence electrons. The first-order chi connectivity index (χ1) is 17.8. The minimum Gasteiger partial charge on any atom is -0.481 e. The molecule has 37 heavy (non-hydrogen) atoms. The van der Waals surface area contributed by atoms with Crippen LogP contribution in [-0.2, 0) is 26.1 Å². The quantitative estimate of drug-likeness (QED) is 0.531. The van der Waals surface area contributed by atoms with Gasteiger partial charge in [-0.1, -0.05) is 18.2 Å². The molecule has 2 amide bonds. The summed E-state index contributed by atoms with van der Waals surface area (Å²) in [7, 11) is -3.66. The molecule has 0 saturated carbocycles. The van der Waals surface area contributed by atoms with Crippen LogP contribution in [0.15, 0.2) is 71.6 Å². The predicted octanol–water partition coefficient (Wildman–Crippen LogP) is 3.02. The zero-order valence-corrected chi connectivity index (χ0v) is 20.5. The number of morpholine rings is 1. The second-order valence-electron chi connectivity index (χ2n) is 8.54. The number of hydrogen-bond donors (Lipinski definition) is 1. The first-order valence-electron chi connectivity index (χ1n) is 11.6. The summed E-state index contributed by atoms with van der Waals surface area (Å²) in [6.45, 7) is 1.10. The maximum atomic E-state index is 14.1. The van der Waals surface area contributed by atoms with Crippen LogP contribution in [0.2, 0.25) is 0 Å². The Labute approximate surface area is 213 Å². The van der Waals surface area contributed by atoms with Gasteiger partial charge < -0.3 is 19.7 Å². The lowest BCUT2D eigenvalue weighted by atomic mass is 10.1. The molecule has 9 nitrogen and oxygen atoms in total. The lowest BCUT2D eigenvalue weighted by Crippen LogP contribution is -2.40. The van der Waals surface area contributed by atoms with Crippen LogP contribution in [0.1, 0.15) is 15.9 Å². The van der Waals surface area contributed by atoms with Crippen LogP contribution in [0.5, 0.6) is 5.75 Å². The standard InChI is InChI=1S/C26H24FN3O6S/c27-22-4-2-1-3-19(22)16-30-23-10-7-20(15-24(23)36-17-25(30)31)28-26(32)18-5-8-21(9-6-18)37(33,34)29-11-13-35-14-12-29/h1-10,15H,11-14,16-17H2,(H,28,32). The normalized spacial score (nSPS) is 16.1. The molecule has 0 spiro atoms. The first-order valence-corrected chi connectivity index (χ1v) is 13.1. The Morgan fingerprint density at radius 2 is 1.73 bits per heavy atom. The number of halogens is 1. The third kappa shape index (κ3) is 5.19. The van der Waals surface area contributed by atoms with Gasteiger partial charge in [0.25, 0.3) is 11.8 Å².